The number of carbonyl (C=O) groups is 2. The fourth-order valence-corrected chi connectivity index (χ4v) is 2.79. The molecule has 3 atom stereocenters. The van der Waals surface area contributed by atoms with Crippen LogP contribution in [0.25, 0.3) is 0 Å². The molecular formula is C18H27BN2O6. The van der Waals surface area contributed by atoms with Crippen molar-refractivity contribution in [1.82, 2.24) is 10.6 Å². The SMILES string of the molecule is Cc1ccc(C[C@H](NC(=O)C(C)C(=O)NCC2CCCO2)OB(O)O)cc1. The van der Waals surface area contributed by atoms with Gasteiger partial charge in [0.05, 0.1) is 6.10 Å². The third-order valence-electron chi connectivity index (χ3n) is 4.45. The van der Waals surface area contributed by atoms with Gasteiger partial charge in [-0.1, -0.05) is 29.8 Å². The molecule has 1 heterocycles. The highest BCUT2D eigenvalue weighted by Crippen LogP contribution is 2.11. The van der Waals surface area contributed by atoms with E-state index in [2.05, 4.69) is 10.6 Å². The van der Waals surface area contributed by atoms with Gasteiger partial charge >= 0.3 is 7.32 Å². The highest BCUT2D eigenvalue weighted by atomic mass is 16.6. The van der Waals surface area contributed by atoms with E-state index < -0.39 is 31.3 Å². The van der Waals surface area contributed by atoms with Crippen LogP contribution in [0, 0.1) is 12.8 Å². The molecule has 0 aromatic heterocycles. The largest absolute Gasteiger partial charge is 0.635 e. The third kappa shape index (κ3) is 7.30. The maximum Gasteiger partial charge on any atom is 0.635 e. The van der Waals surface area contributed by atoms with Gasteiger partial charge in [-0.15, -0.1) is 0 Å². The van der Waals surface area contributed by atoms with E-state index in [4.69, 9.17) is 19.4 Å². The normalized spacial score (nSPS) is 18.6. The van der Waals surface area contributed by atoms with Crippen LogP contribution in [-0.2, 0) is 25.4 Å². The van der Waals surface area contributed by atoms with Crippen LogP contribution in [0.4, 0.5) is 0 Å². The molecule has 4 N–H and O–H groups in total. The Morgan fingerprint density at radius 2 is 2.00 bits per heavy atom. The van der Waals surface area contributed by atoms with E-state index in [9.17, 15) is 9.59 Å². The molecule has 0 radical (unpaired) electrons. The summed E-state index contributed by atoms with van der Waals surface area (Å²) in [6.07, 6.45) is 1.10. The van der Waals surface area contributed by atoms with Crippen LogP contribution in [-0.4, -0.2) is 54.7 Å². The fraction of sp³-hybridized carbons (Fsp3) is 0.556. The lowest BCUT2D eigenvalue weighted by molar-refractivity contribution is -0.136. The molecule has 1 aliphatic heterocycles. The van der Waals surface area contributed by atoms with Gasteiger partial charge in [0, 0.05) is 19.6 Å². The van der Waals surface area contributed by atoms with E-state index in [1.165, 1.54) is 6.92 Å². The van der Waals surface area contributed by atoms with Gasteiger partial charge < -0.3 is 30.1 Å². The summed E-state index contributed by atoms with van der Waals surface area (Å²) in [5.41, 5.74) is 1.93. The van der Waals surface area contributed by atoms with Gasteiger partial charge in [-0.2, -0.15) is 0 Å². The zero-order valence-electron chi connectivity index (χ0n) is 15.7. The van der Waals surface area contributed by atoms with Gasteiger partial charge in [0.1, 0.15) is 12.1 Å². The van der Waals surface area contributed by atoms with Crippen molar-refractivity contribution in [2.24, 2.45) is 5.92 Å². The minimum absolute atomic E-state index is 0.00799. The number of benzene rings is 1. The van der Waals surface area contributed by atoms with E-state index in [1.54, 1.807) is 0 Å². The summed E-state index contributed by atoms with van der Waals surface area (Å²) < 4.78 is 10.4. The second-order valence-corrected chi connectivity index (χ2v) is 6.75. The van der Waals surface area contributed by atoms with Crippen LogP contribution in [0.3, 0.4) is 0 Å². The lowest BCUT2D eigenvalue weighted by Crippen LogP contribution is -2.48. The van der Waals surface area contributed by atoms with Crippen molar-refractivity contribution in [3.63, 3.8) is 0 Å². The van der Waals surface area contributed by atoms with Gasteiger partial charge in [-0.25, -0.2) is 0 Å². The van der Waals surface area contributed by atoms with E-state index in [0.29, 0.717) is 13.2 Å². The van der Waals surface area contributed by atoms with Crippen molar-refractivity contribution < 1.29 is 29.0 Å². The number of hydrogen-bond donors (Lipinski definition) is 4. The topological polar surface area (TPSA) is 117 Å². The van der Waals surface area contributed by atoms with Gasteiger partial charge in [0.2, 0.25) is 11.8 Å². The van der Waals surface area contributed by atoms with Gasteiger partial charge in [-0.3, -0.25) is 9.59 Å². The highest BCUT2D eigenvalue weighted by molar-refractivity contribution is 6.32. The Morgan fingerprint density at radius 1 is 1.30 bits per heavy atom. The molecule has 1 saturated heterocycles. The predicted octanol–water partition coefficient (Wildman–Crippen LogP) is -0.103. The van der Waals surface area contributed by atoms with Crippen LogP contribution in [0.1, 0.15) is 30.9 Å². The maximum atomic E-state index is 12.4. The number of carbonyl (C=O) groups excluding carboxylic acids is 2. The van der Waals surface area contributed by atoms with Crippen molar-refractivity contribution in [3.8, 4) is 0 Å². The molecule has 1 aromatic rings. The molecule has 0 bridgehead atoms. The molecular weight excluding hydrogens is 351 g/mol. The second-order valence-electron chi connectivity index (χ2n) is 6.75. The van der Waals surface area contributed by atoms with Crippen molar-refractivity contribution in [3.05, 3.63) is 35.4 Å². The zero-order chi connectivity index (χ0) is 19.8. The summed E-state index contributed by atoms with van der Waals surface area (Å²) in [5, 5.41) is 23.5. The minimum atomic E-state index is -2.04. The molecule has 0 aliphatic carbocycles. The molecule has 148 valence electrons. The first-order valence-electron chi connectivity index (χ1n) is 9.12. The average Bonchev–Trinajstić information content (AvgIpc) is 3.14. The molecule has 2 amide bonds. The van der Waals surface area contributed by atoms with Crippen LogP contribution in [0.5, 0.6) is 0 Å². The van der Waals surface area contributed by atoms with Crippen LogP contribution >= 0.6 is 0 Å². The highest BCUT2D eigenvalue weighted by Gasteiger charge is 2.27. The van der Waals surface area contributed by atoms with E-state index in [0.717, 1.165) is 24.0 Å². The van der Waals surface area contributed by atoms with Crippen LogP contribution in [0.15, 0.2) is 24.3 Å². The summed E-state index contributed by atoms with van der Waals surface area (Å²) in [7, 11) is -2.04. The zero-order valence-corrected chi connectivity index (χ0v) is 15.7. The van der Waals surface area contributed by atoms with Crippen LogP contribution in [0.2, 0.25) is 0 Å². The molecule has 8 nitrogen and oxygen atoms in total. The second kappa shape index (κ2) is 10.4. The predicted molar refractivity (Wildman–Crippen MR) is 99.2 cm³/mol. The van der Waals surface area contributed by atoms with Gasteiger partial charge in [0.25, 0.3) is 0 Å². The molecule has 2 rings (SSSR count). The number of rotatable bonds is 9. The third-order valence-corrected chi connectivity index (χ3v) is 4.45. The molecule has 2 unspecified atom stereocenters. The van der Waals surface area contributed by atoms with Crippen LogP contribution < -0.4 is 10.6 Å². The van der Waals surface area contributed by atoms with Crippen molar-refractivity contribution in [2.75, 3.05) is 13.2 Å². The van der Waals surface area contributed by atoms with E-state index >= 15 is 0 Å². The average molecular weight is 378 g/mol. The Balaban J connectivity index is 1.88. The Morgan fingerprint density at radius 3 is 2.59 bits per heavy atom. The summed E-state index contributed by atoms with van der Waals surface area (Å²) in [6.45, 7) is 4.50. The molecule has 1 aromatic carbocycles. The Bertz CT molecular complexity index is 619. The molecule has 27 heavy (non-hydrogen) atoms. The van der Waals surface area contributed by atoms with Crippen molar-refractivity contribution in [2.45, 2.75) is 45.4 Å². The number of aryl methyl sites for hydroxylation is 1. The van der Waals surface area contributed by atoms with Crippen molar-refractivity contribution >= 4 is 19.1 Å². The van der Waals surface area contributed by atoms with E-state index in [-0.39, 0.29) is 12.5 Å². The maximum absolute atomic E-state index is 12.4. The number of amides is 2. The molecule has 0 spiro atoms. The van der Waals surface area contributed by atoms with Gasteiger partial charge in [-0.05, 0) is 32.3 Å². The number of hydrogen-bond acceptors (Lipinski definition) is 6. The molecule has 1 aliphatic rings. The first kappa shape index (κ1) is 21.4. The molecule has 1 fully saturated rings. The standard InChI is InChI=1S/C18H27BN2O6/c1-12-5-7-14(8-6-12)10-16(27-19(24)25)21-18(23)13(2)17(22)20-11-15-4-3-9-26-15/h5-8,13,15-16,24-25H,3-4,9-11H2,1-2H3,(H,20,22)(H,21,23)/t13?,15?,16-/m1/s1. The molecule has 9 heteroatoms. The van der Waals surface area contributed by atoms with Crippen molar-refractivity contribution in [1.29, 1.82) is 0 Å². The number of nitrogens with one attached hydrogen (secondary N) is 2. The summed E-state index contributed by atoms with van der Waals surface area (Å²) >= 11 is 0. The monoisotopic (exact) mass is 378 g/mol. The Hall–Kier alpha value is -1.94. The lowest BCUT2D eigenvalue weighted by Gasteiger charge is -2.22. The smallest absolute Gasteiger partial charge is 0.402 e. The summed E-state index contributed by atoms with van der Waals surface area (Å²) in [4.78, 5) is 24.5. The minimum Gasteiger partial charge on any atom is -0.402 e. The fourth-order valence-electron chi connectivity index (χ4n) is 2.79. The number of ether oxygens (including phenoxy) is 1. The summed E-state index contributed by atoms with van der Waals surface area (Å²) in [5.74, 6) is -1.93. The van der Waals surface area contributed by atoms with Gasteiger partial charge in [0.15, 0.2) is 0 Å². The Labute approximate surface area is 159 Å². The Kier molecular flexibility index (Phi) is 8.24. The quantitative estimate of drug-likeness (QED) is 0.271. The lowest BCUT2D eigenvalue weighted by atomic mass is 10.1. The van der Waals surface area contributed by atoms with E-state index in [1.807, 2.05) is 31.2 Å². The first-order chi connectivity index (χ1) is 12.8. The first-order valence-corrected chi connectivity index (χ1v) is 9.12. The summed E-state index contributed by atoms with van der Waals surface area (Å²) in [6, 6.07) is 7.54. The molecule has 0 saturated carbocycles.